The van der Waals surface area contributed by atoms with Crippen LogP contribution in [0, 0.1) is 0 Å². The van der Waals surface area contributed by atoms with Gasteiger partial charge in [-0.2, -0.15) is 0 Å². The maximum Gasteiger partial charge on any atom is 0.253 e. The summed E-state index contributed by atoms with van der Waals surface area (Å²) >= 11 is 0. The number of ether oxygens (including phenoxy) is 1. The number of carbonyl (C=O) groups is 2. The maximum absolute atomic E-state index is 13.0. The van der Waals surface area contributed by atoms with Crippen molar-refractivity contribution in [1.29, 1.82) is 0 Å². The van der Waals surface area contributed by atoms with Gasteiger partial charge in [-0.1, -0.05) is 12.1 Å². The van der Waals surface area contributed by atoms with Gasteiger partial charge < -0.3 is 14.5 Å². The zero-order valence-electron chi connectivity index (χ0n) is 17.5. The largest absolute Gasteiger partial charge is 0.497 e. The first-order chi connectivity index (χ1) is 14.6. The highest BCUT2D eigenvalue weighted by Gasteiger charge is 2.23. The third-order valence-electron chi connectivity index (χ3n) is 5.94. The number of anilines is 1. The Labute approximate surface area is 178 Å². The number of nitrogens with zero attached hydrogens (tertiary/aromatic N) is 3. The van der Waals surface area contributed by atoms with Gasteiger partial charge in [0.1, 0.15) is 5.75 Å². The summed E-state index contributed by atoms with van der Waals surface area (Å²) in [4.78, 5) is 31.1. The molecule has 2 aliphatic rings. The van der Waals surface area contributed by atoms with E-state index < -0.39 is 0 Å². The minimum atomic E-state index is 0.0700. The summed E-state index contributed by atoms with van der Waals surface area (Å²) in [6.45, 7) is 4.97. The monoisotopic (exact) mass is 407 g/mol. The van der Waals surface area contributed by atoms with Crippen LogP contribution in [0.5, 0.6) is 5.75 Å². The highest BCUT2D eigenvalue weighted by molar-refractivity contribution is 5.97. The van der Waals surface area contributed by atoms with E-state index in [1.165, 1.54) is 5.56 Å². The first-order valence-electron chi connectivity index (χ1n) is 10.7. The number of hydrogen-bond donors (Lipinski definition) is 0. The van der Waals surface area contributed by atoms with Crippen molar-refractivity contribution in [2.24, 2.45) is 0 Å². The molecule has 0 spiro atoms. The van der Waals surface area contributed by atoms with Gasteiger partial charge in [-0.25, -0.2) is 0 Å². The Morgan fingerprint density at radius 1 is 0.900 bits per heavy atom. The van der Waals surface area contributed by atoms with Crippen LogP contribution in [-0.2, 0) is 11.3 Å². The molecule has 2 fully saturated rings. The molecule has 0 atom stereocenters. The summed E-state index contributed by atoms with van der Waals surface area (Å²) in [5.74, 6) is 1.10. The smallest absolute Gasteiger partial charge is 0.253 e. The standard InChI is InChI=1S/C24H29N3O3/c1-30-22-11-5-19(6-12-22)18-25-13-3-14-26(17-16-25)24(29)20-7-9-21(10-8-20)27-15-2-4-23(27)28/h5-12H,2-4,13-18H2,1H3. The van der Waals surface area contributed by atoms with Crippen molar-refractivity contribution in [3.63, 3.8) is 0 Å². The molecule has 0 aromatic heterocycles. The van der Waals surface area contributed by atoms with E-state index in [9.17, 15) is 9.59 Å². The Morgan fingerprint density at radius 3 is 2.33 bits per heavy atom. The minimum Gasteiger partial charge on any atom is -0.497 e. The lowest BCUT2D eigenvalue weighted by molar-refractivity contribution is -0.117. The molecule has 0 saturated carbocycles. The zero-order valence-corrected chi connectivity index (χ0v) is 17.5. The highest BCUT2D eigenvalue weighted by atomic mass is 16.5. The fourth-order valence-corrected chi connectivity index (χ4v) is 4.21. The van der Waals surface area contributed by atoms with Crippen molar-refractivity contribution in [2.45, 2.75) is 25.8 Å². The summed E-state index contributed by atoms with van der Waals surface area (Å²) in [7, 11) is 1.68. The molecule has 2 aromatic rings. The molecule has 2 heterocycles. The maximum atomic E-state index is 13.0. The Bertz CT molecular complexity index is 880. The summed E-state index contributed by atoms with van der Waals surface area (Å²) in [6, 6.07) is 15.7. The molecular formula is C24H29N3O3. The zero-order chi connectivity index (χ0) is 20.9. The second-order valence-corrected chi connectivity index (χ2v) is 7.97. The van der Waals surface area contributed by atoms with E-state index >= 15 is 0 Å². The molecule has 2 saturated heterocycles. The second-order valence-electron chi connectivity index (χ2n) is 7.97. The summed E-state index contributed by atoms with van der Waals surface area (Å²) in [5.41, 5.74) is 2.83. The van der Waals surface area contributed by atoms with Gasteiger partial charge >= 0.3 is 0 Å². The number of carbonyl (C=O) groups excluding carboxylic acids is 2. The molecule has 0 aliphatic carbocycles. The molecule has 2 amide bonds. The van der Waals surface area contributed by atoms with E-state index in [4.69, 9.17) is 4.74 Å². The number of methoxy groups -OCH3 is 1. The van der Waals surface area contributed by atoms with Gasteiger partial charge in [0.2, 0.25) is 5.91 Å². The van der Waals surface area contributed by atoms with Crippen molar-refractivity contribution >= 4 is 17.5 Å². The van der Waals surface area contributed by atoms with E-state index in [1.54, 1.807) is 12.0 Å². The Kier molecular flexibility index (Phi) is 6.33. The molecule has 0 N–H and O–H groups in total. The third-order valence-corrected chi connectivity index (χ3v) is 5.94. The van der Waals surface area contributed by atoms with E-state index in [2.05, 4.69) is 17.0 Å². The molecule has 2 aliphatic heterocycles. The van der Waals surface area contributed by atoms with Gasteiger partial charge in [-0.3, -0.25) is 14.5 Å². The average Bonchev–Trinajstić information content (AvgIpc) is 3.07. The number of rotatable bonds is 5. The van der Waals surface area contributed by atoms with Crippen molar-refractivity contribution in [3.8, 4) is 5.75 Å². The SMILES string of the molecule is COc1ccc(CN2CCCN(C(=O)c3ccc(N4CCCC4=O)cc3)CC2)cc1. The van der Waals surface area contributed by atoms with Crippen LogP contribution in [0.3, 0.4) is 0 Å². The summed E-state index contributed by atoms with van der Waals surface area (Å²) in [6.07, 6.45) is 2.48. The van der Waals surface area contributed by atoms with Crippen LogP contribution in [0.25, 0.3) is 0 Å². The molecule has 0 bridgehead atoms. The lowest BCUT2D eigenvalue weighted by Crippen LogP contribution is -2.35. The first kappa shape index (κ1) is 20.4. The normalized spacial score (nSPS) is 17.8. The molecule has 0 radical (unpaired) electrons. The van der Waals surface area contributed by atoms with Gasteiger partial charge in [0.05, 0.1) is 7.11 Å². The summed E-state index contributed by atoms with van der Waals surface area (Å²) < 4.78 is 5.23. The van der Waals surface area contributed by atoms with E-state index in [0.717, 1.165) is 63.5 Å². The van der Waals surface area contributed by atoms with Crippen molar-refractivity contribution in [3.05, 3.63) is 59.7 Å². The molecule has 6 nitrogen and oxygen atoms in total. The van der Waals surface area contributed by atoms with Crippen LogP contribution in [-0.4, -0.2) is 61.4 Å². The Hall–Kier alpha value is -2.86. The van der Waals surface area contributed by atoms with E-state index in [0.29, 0.717) is 12.0 Å². The van der Waals surface area contributed by atoms with Crippen LogP contribution in [0.1, 0.15) is 35.2 Å². The van der Waals surface area contributed by atoms with Crippen LogP contribution in [0.15, 0.2) is 48.5 Å². The molecule has 6 heteroatoms. The van der Waals surface area contributed by atoms with Crippen LogP contribution in [0.4, 0.5) is 5.69 Å². The fraction of sp³-hybridized carbons (Fsp3) is 0.417. The predicted molar refractivity (Wildman–Crippen MR) is 117 cm³/mol. The second kappa shape index (κ2) is 9.30. The van der Waals surface area contributed by atoms with Crippen molar-refractivity contribution < 1.29 is 14.3 Å². The molecule has 0 unspecified atom stereocenters. The topological polar surface area (TPSA) is 53.1 Å². The molecule has 158 valence electrons. The van der Waals surface area contributed by atoms with Gasteiger partial charge in [0, 0.05) is 56.9 Å². The van der Waals surface area contributed by atoms with Crippen molar-refractivity contribution in [2.75, 3.05) is 44.7 Å². The Morgan fingerprint density at radius 2 is 1.67 bits per heavy atom. The summed E-state index contributed by atoms with van der Waals surface area (Å²) in [5, 5.41) is 0. The van der Waals surface area contributed by atoms with Gasteiger partial charge in [-0.05, 0) is 54.8 Å². The van der Waals surface area contributed by atoms with Crippen LogP contribution in [0.2, 0.25) is 0 Å². The molecule has 30 heavy (non-hydrogen) atoms. The quantitative estimate of drug-likeness (QED) is 0.764. The predicted octanol–water partition coefficient (Wildman–Crippen LogP) is 3.17. The number of benzene rings is 2. The lowest BCUT2D eigenvalue weighted by Gasteiger charge is -2.22. The molecule has 2 aromatic carbocycles. The molecule has 4 rings (SSSR count). The third kappa shape index (κ3) is 4.65. The first-order valence-corrected chi connectivity index (χ1v) is 10.7. The van der Waals surface area contributed by atoms with Crippen molar-refractivity contribution in [1.82, 2.24) is 9.80 Å². The minimum absolute atomic E-state index is 0.0700. The van der Waals surface area contributed by atoms with Gasteiger partial charge in [-0.15, -0.1) is 0 Å². The van der Waals surface area contributed by atoms with Crippen LogP contribution < -0.4 is 9.64 Å². The number of hydrogen-bond acceptors (Lipinski definition) is 4. The van der Waals surface area contributed by atoms with E-state index in [-0.39, 0.29) is 11.8 Å². The fourth-order valence-electron chi connectivity index (χ4n) is 4.21. The van der Waals surface area contributed by atoms with Crippen LogP contribution >= 0.6 is 0 Å². The highest BCUT2D eigenvalue weighted by Crippen LogP contribution is 2.22. The molecular weight excluding hydrogens is 378 g/mol. The van der Waals surface area contributed by atoms with E-state index in [1.807, 2.05) is 41.3 Å². The van der Waals surface area contributed by atoms with Gasteiger partial charge in [0.25, 0.3) is 5.91 Å². The van der Waals surface area contributed by atoms with Gasteiger partial charge in [0.15, 0.2) is 0 Å². The number of amides is 2. The lowest BCUT2D eigenvalue weighted by atomic mass is 10.1. The Balaban J connectivity index is 1.34. The average molecular weight is 408 g/mol.